The lowest BCUT2D eigenvalue weighted by Crippen LogP contribution is -2.37. The number of phosphoric ester groups is 1. The molecule has 1 aliphatic rings. The summed E-state index contributed by atoms with van der Waals surface area (Å²) < 4.78 is 45.2. The molecule has 1 fully saturated rings. The molecule has 2 heterocycles. The number of hydrogen-bond donors (Lipinski definition) is 7. The standard InChI is InChI=1S/C10H15Cl2N2O14P3/c11-10(12,29(19,20)21)30(22,23)28-31(24,25)26-3-4-6(16)7(17)8(27-4)14-2-1-5(15)13-9(14)18/h1-2,4,6-8,16-17H,3H2,(H,22,23)(H,24,25)(H,13,15,18)(H2,19,20,21)/t4-,6-,7-,8-/m1/s1. The normalized spacial score (nSPS) is 28.8. The second-order valence-corrected chi connectivity index (χ2v) is 14.0. The fourth-order valence-electron chi connectivity index (χ4n) is 2.27. The van der Waals surface area contributed by atoms with Crippen LogP contribution in [0.4, 0.5) is 0 Å². The zero-order valence-electron chi connectivity index (χ0n) is 14.7. The lowest BCUT2D eigenvalue weighted by molar-refractivity contribution is -0.0541. The number of hydrogen-bond acceptors (Lipinski definition) is 10. The van der Waals surface area contributed by atoms with Gasteiger partial charge in [-0.05, 0) is 0 Å². The van der Waals surface area contributed by atoms with Gasteiger partial charge in [-0.3, -0.25) is 28.0 Å². The summed E-state index contributed by atoms with van der Waals surface area (Å²) in [5, 5.41) is 20.0. The van der Waals surface area contributed by atoms with Crippen LogP contribution in [0.25, 0.3) is 0 Å². The second-order valence-electron chi connectivity index (χ2n) is 5.98. The monoisotopic (exact) mass is 550 g/mol. The van der Waals surface area contributed by atoms with Crippen LogP contribution in [0.15, 0.2) is 21.9 Å². The number of alkyl halides is 2. The largest absolute Gasteiger partial charge is 0.479 e. The molecule has 1 aliphatic heterocycles. The molecular weight excluding hydrogens is 536 g/mol. The van der Waals surface area contributed by atoms with E-state index in [0.717, 1.165) is 12.3 Å². The third kappa shape index (κ3) is 5.75. The summed E-state index contributed by atoms with van der Waals surface area (Å²) in [6.07, 6.45) is -5.84. The van der Waals surface area contributed by atoms with Gasteiger partial charge in [0.2, 0.25) is 0 Å². The Morgan fingerprint density at radius 2 is 1.71 bits per heavy atom. The molecule has 178 valence electrons. The van der Waals surface area contributed by atoms with Gasteiger partial charge in [0, 0.05) is 12.3 Å². The van der Waals surface area contributed by atoms with Crippen LogP contribution in [0.2, 0.25) is 0 Å². The number of nitrogens with one attached hydrogen (secondary N) is 1. The number of aliphatic hydroxyl groups excluding tert-OH is 2. The predicted molar refractivity (Wildman–Crippen MR) is 100 cm³/mol. The molecule has 6 atom stereocenters. The van der Waals surface area contributed by atoms with E-state index in [0.29, 0.717) is 4.57 Å². The van der Waals surface area contributed by atoms with Crippen LogP contribution in [0.3, 0.4) is 0 Å². The van der Waals surface area contributed by atoms with E-state index in [9.17, 15) is 43.3 Å². The Balaban J connectivity index is 2.12. The number of aromatic nitrogens is 2. The highest BCUT2D eigenvalue weighted by Gasteiger charge is 2.62. The van der Waals surface area contributed by atoms with Crippen molar-refractivity contribution in [2.45, 2.75) is 28.4 Å². The molecule has 0 radical (unpaired) electrons. The topological polar surface area (TPSA) is 255 Å². The van der Waals surface area contributed by atoms with E-state index < -0.39 is 69.2 Å². The van der Waals surface area contributed by atoms with Crippen LogP contribution in [-0.4, -0.2) is 68.1 Å². The highest BCUT2D eigenvalue weighted by atomic mass is 35.5. The average Bonchev–Trinajstić information content (AvgIpc) is 2.86. The Morgan fingerprint density at radius 1 is 1.13 bits per heavy atom. The van der Waals surface area contributed by atoms with Crippen LogP contribution >= 0.6 is 46.2 Å². The van der Waals surface area contributed by atoms with Gasteiger partial charge < -0.3 is 34.5 Å². The molecule has 31 heavy (non-hydrogen) atoms. The molecular formula is C10H15Cl2N2O14P3. The minimum Gasteiger partial charge on any atom is -0.387 e. The Hall–Kier alpha value is -0.410. The van der Waals surface area contributed by atoms with Gasteiger partial charge >= 0.3 is 32.5 Å². The lowest BCUT2D eigenvalue weighted by atomic mass is 10.1. The maximum absolute atomic E-state index is 11.9. The van der Waals surface area contributed by atoms with Crippen LogP contribution in [0.5, 0.6) is 0 Å². The van der Waals surface area contributed by atoms with E-state index >= 15 is 0 Å². The van der Waals surface area contributed by atoms with Gasteiger partial charge in [0.25, 0.3) is 5.56 Å². The van der Waals surface area contributed by atoms with Crippen LogP contribution in [-0.2, 0) is 27.3 Å². The number of nitrogens with zero attached hydrogens (tertiary/aromatic N) is 1. The number of phosphoric acid groups is 1. The third-order valence-corrected chi connectivity index (χ3v) is 11.5. The van der Waals surface area contributed by atoms with Gasteiger partial charge in [-0.15, -0.1) is 0 Å². The average molecular weight is 551 g/mol. The summed E-state index contributed by atoms with van der Waals surface area (Å²) in [5.74, 6) is 0. The van der Waals surface area contributed by atoms with E-state index in [4.69, 9.17) is 37.7 Å². The molecule has 0 aromatic carbocycles. The predicted octanol–water partition coefficient (Wildman–Crippen LogP) is -1.26. The molecule has 1 aromatic heterocycles. The summed E-state index contributed by atoms with van der Waals surface area (Å²) in [6, 6.07) is 0.911. The molecule has 0 bridgehead atoms. The highest BCUT2D eigenvalue weighted by molar-refractivity contribution is 7.81. The van der Waals surface area contributed by atoms with Gasteiger partial charge in [0.05, 0.1) is 6.61 Å². The van der Waals surface area contributed by atoms with Crippen LogP contribution < -0.4 is 11.2 Å². The van der Waals surface area contributed by atoms with Crippen LogP contribution in [0.1, 0.15) is 6.23 Å². The van der Waals surface area contributed by atoms with Crippen molar-refractivity contribution in [3.05, 3.63) is 33.1 Å². The number of halogens is 2. The molecule has 1 saturated heterocycles. The molecule has 0 saturated carbocycles. The fraction of sp³-hybridized carbons (Fsp3) is 0.600. The summed E-state index contributed by atoms with van der Waals surface area (Å²) in [6.45, 7) is -1.09. The lowest BCUT2D eigenvalue weighted by Gasteiger charge is -2.26. The Morgan fingerprint density at radius 3 is 2.23 bits per heavy atom. The zero-order valence-corrected chi connectivity index (χ0v) is 18.9. The molecule has 0 spiro atoms. The number of aromatic amines is 1. The molecule has 2 unspecified atom stereocenters. The summed E-state index contributed by atoms with van der Waals surface area (Å²) in [4.78, 5) is 61.7. The van der Waals surface area contributed by atoms with Gasteiger partial charge in [-0.2, -0.15) is 0 Å². The summed E-state index contributed by atoms with van der Waals surface area (Å²) in [5.41, 5.74) is -1.77. The van der Waals surface area contributed by atoms with Gasteiger partial charge in [0.15, 0.2) is 6.23 Å². The van der Waals surface area contributed by atoms with Crippen molar-refractivity contribution in [1.82, 2.24) is 9.55 Å². The Labute approximate surface area is 181 Å². The van der Waals surface area contributed by atoms with Gasteiger partial charge in [0.1, 0.15) is 18.3 Å². The zero-order chi connectivity index (χ0) is 24.0. The molecule has 1 aromatic rings. The van der Waals surface area contributed by atoms with E-state index in [1.54, 1.807) is 0 Å². The number of ether oxygens (including phenoxy) is 1. The maximum atomic E-state index is 11.9. The molecule has 0 amide bonds. The number of H-pyrrole nitrogens is 1. The van der Waals surface area contributed by atoms with Crippen molar-refractivity contribution in [2.24, 2.45) is 0 Å². The van der Waals surface area contributed by atoms with Crippen molar-refractivity contribution < 1.29 is 57.1 Å². The first-order valence-electron chi connectivity index (χ1n) is 7.68. The smallest absolute Gasteiger partial charge is 0.387 e. The minimum absolute atomic E-state index is 0.696. The molecule has 2 rings (SSSR count). The SMILES string of the molecule is O=c1ccn([C@@H]2O[C@H](COP(=O)(O)OP(=O)(O)C(Cl)(Cl)P(=O)(O)O)[C@@H](O)[C@H]2O)c(=O)[nH]1. The van der Waals surface area contributed by atoms with Crippen molar-refractivity contribution >= 4 is 46.2 Å². The van der Waals surface area contributed by atoms with E-state index in [1.807, 2.05) is 4.98 Å². The third-order valence-electron chi connectivity index (χ3n) is 3.77. The molecule has 7 N–H and O–H groups in total. The first kappa shape index (κ1) is 26.8. The Bertz CT molecular complexity index is 1080. The van der Waals surface area contributed by atoms with Crippen molar-refractivity contribution in [3.8, 4) is 0 Å². The van der Waals surface area contributed by atoms with Gasteiger partial charge in [-0.1, -0.05) is 23.2 Å². The van der Waals surface area contributed by atoms with E-state index in [-0.39, 0.29) is 0 Å². The first-order valence-corrected chi connectivity index (χ1v) is 13.1. The van der Waals surface area contributed by atoms with E-state index in [2.05, 4.69) is 8.83 Å². The van der Waals surface area contributed by atoms with Crippen LogP contribution in [0, 0.1) is 0 Å². The summed E-state index contributed by atoms with van der Waals surface area (Å²) >= 11 is 10.2. The van der Waals surface area contributed by atoms with Crippen molar-refractivity contribution in [1.29, 1.82) is 0 Å². The number of aliphatic hydroxyl groups is 2. The van der Waals surface area contributed by atoms with E-state index in [1.165, 1.54) is 0 Å². The van der Waals surface area contributed by atoms with Crippen molar-refractivity contribution in [2.75, 3.05) is 6.61 Å². The Kier molecular flexibility index (Phi) is 7.87. The molecule has 21 heteroatoms. The first-order chi connectivity index (χ1) is 13.9. The highest BCUT2D eigenvalue weighted by Crippen LogP contribution is 2.79. The summed E-state index contributed by atoms with van der Waals surface area (Å²) in [7, 11) is -17.2. The molecule has 16 nitrogen and oxygen atoms in total. The number of rotatable bonds is 8. The quantitative estimate of drug-likeness (QED) is 0.147. The van der Waals surface area contributed by atoms with Crippen molar-refractivity contribution in [3.63, 3.8) is 0 Å². The molecule has 0 aliphatic carbocycles. The second kappa shape index (κ2) is 9.09. The fourth-order valence-corrected chi connectivity index (χ4v) is 6.51. The maximum Gasteiger partial charge on any atom is 0.479 e. The minimum atomic E-state index is -5.90. The van der Waals surface area contributed by atoms with Gasteiger partial charge in [-0.25, -0.2) is 13.7 Å².